The van der Waals surface area contributed by atoms with Gasteiger partial charge in [-0.15, -0.1) is 0 Å². The van der Waals surface area contributed by atoms with Crippen LogP contribution in [0, 0.1) is 19.3 Å². The summed E-state index contributed by atoms with van der Waals surface area (Å²) in [7, 11) is -4.01. The van der Waals surface area contributed by atoms with Crippen molar-refractivity contribution >= 4 is 22.0 Å². The Morgan fingerprint density at radius 1 is 1.18 bits per heavy atom. The first-order valence-electron chi connectivity index (χ1n) is 9.79. The van der Waals surface area contributed by atoms with E-state index in [1.165, 1.54) is 6.07 Å². The number of hydroxylamine groups is 1. The van der Waals surface area contributed by atoms with Crippen LogP contribution in [0.2, 0.25) is 0 Å². The van der Waals surface area contributed by atoms with Crippen molar-refractivity contribution in [2.75, 3.05) is 13.2 Å². The van der Waals surface area contributed by atoms with Crippen molar-refractivity contribution < 1.29 is 46.8 Å². The van der Waals surface area contributed by atoms with Gasteiger partial charge in [0.15, 0.2) is 0 Å². The van der Waals surface area contributed by atoms with Crippen LogP contribution in [0.5, 0.6) is 5.75 Å². The van der Waals surface area contributed by atoms with Gasteiger partial charge in [0.25, 0.3) is 0 Å². The summed E-state index contributed by atoms with van der Waals surface area (Å²) >= 11 is 0. The Balaban J connectivity index is 0.00000544. The third-order valence-electron chi connectivity index (χ3n) is 4.40. The predicted octanol–water partition coefficient (Wildman–Crippen LogP) is -0.751. The van der Waals surface area contributed by atoms with Crippen molar-refractivity contribution in [3.8, 4) is 5.75 Å². The molecule has 33 heavy (non-hydrogen) atoms. The first-order chi connectivity index (χ1) is 15.1. The number of nitrogens with two attached hydrogens (primary N) is 1. The summed E-state index contributed by atoms with van der Waals surface area (Å²) in [4.78, 5) is 16.6. The molecule has 0 saturated carbocycles. The monoisotopic (exact) mass is 470 g/mol. The van der Waals surface area contributed by atoms with Gasteiger partial charge in [-0.25, -0.2) is 8.42 Å². The van der Waals surface area contributed by atoms with Gasteiger partial charge in [-0.2, -0.15) is 4.72 Å². The van der Waals surface area contributed by atoms with E-state index < -0.39 is 28.0 Å². The largest absolute Gasteiger partial charge is 1.00 e. The van der Waals surface area contributed by atoms with Gasteiger partial charge in [-0.3, -0.25) is 10.3 Å². The molecule has 0 bridgehead atoms. The van der Waals surface area contributed by atoms with Crippen LogP contribution in [0.1, 0.15) is 23.1 Å². The summed E-state index contributed by atoms with van der Waals surface area (Å²) in [5.41, 5.74) is 10.2. The van der Waals surface area contributed by atoms with Gasteiger partial charge in [0, 0.05) is 12.4 Å². The quantitative estimate of drug-likeness (QED) is 0.104. The standard InChI is InChI=1S/C21H28N4O6S.Li/c1-14-4-5-15(2)19(12-14)32(28,29)25-18(20(26)27)13-16-6-8-17(9-7-16)30-10-3-11-31-24-21(22)23;/h4-9,12,18,25H,3,10-11,13H2,1-2H3,(H5,22,23,24,26,27);/q;+1/p-1/t18-;/m0./s1. The average molecular weight is 470 g/mol. The number of hydrogen-bond acceptors (Lipinski definition) is 6. The third-order valence-corrected chi connectivity index (χ3v) is 6.02. The van der Waals surface area contributed by atoms with Crippen LogP contribution < -0.4 is 34.1 Å². The van der Waals surface area contributed by atoms with E-state index in [9.17, 15) is 18.3 Å². The van der Waals surface area contributed by atoms with Gasteiger partial charge in [0.05, 0.1) is 18.1 Å². The number of guanidine groups is 1. The summed E-state index contributed by atoms with van der Waals surface area (Å²) in [5, 5.41) is 16.4. The normalized spacial score (nSPS) is 11.8. The molecule has 5 N–H and O–H groups in total. The molecule has 2 rings (SSSR count). The number of hydrogen-bond donors (Lipinski definition) is 4. The molecule has 2 aromatic rings. The van der Waals surface area contributed by atoms with E-state index in [0.717, 1.165) is 5.56 Å². The van der Waals surface area contributed by atoms with Crippen LogP contribution in [-0.4, -0.2) is 44.7 Å². The number of carbonyl (C=O) groups is 1. The zero-order valence-corrected chi connectivity index (χ0v) is 19.7. The van der Waals surface area contributed by atoms with E-state index in [4.69, 9.17) is 20.7 Å². The first kappa shape index (κ1) is 28.5. The van der Waals surface area contributed by atoms with Gasteiger partial charge < -0.3 is 25.8 Å². The van der Waals surface area contributed by atoms with Crippen molar-refractivity contribution in [2.45, 2.75) is 37.6 Å². The minimum Gasteiger partial charge on any atom is -0.494 e. The summed E-state index contributed by atoms with van der Waals surface area (Å²) in [5.74, 6) is -1.10. The van der Waals surface area contributed by atoms with E-state index in [1.807, 2.05) is 0 Å². The van der Waals surface area contributed by atoms with Crippen molar-refractivity contribution in [2.24, 2.45) is 5.73 Å². The molecule has 0 spiro atoms. The maximum Gasteiger partial charge on any atom is 1.00 e. The number of ether oxygens (including phenoxy) is 1. The van der Waals surface area contributed by atoms with Crippen LogP contribution in [-0.2, 0) is 26.1 Å². The fourth-order valence-corrected chi connectivity index (χ4v) is 4.33. The molecule has 0 unspecified atom stereocenters. The second kappa shape index (κ2) is 13.2. The molecule has 0 amide bonds. The number of carboxylic acid groups (broad SMARTS) is 1. The zero-order chi connectivity index (χ0) is 23.7. The molecule has 0 heterocycles. The molecule has 0 aliphatic rings. The van der Waals surface area contributed by atoms with Gasteiger partial charge in [0.2, 0.25) is 10.0 Å². The fraction of sp³-hybridized carbons (Fsp3) is 0.333. The molecule has 0 aliphatic heterocycles. The average Bonchev–Trinajstić information content (AvgIpc) is 2.72. The van der Waals surface area contributed by atoms with E-state index in [-0.39, 0.29) is 36.8 Å². The number of aryl methyl sites for hydroxylation is 2. The van der Waals surface area contributed by atoms with Crippen molar-refractivity contribution in [3.63, 3.8) is 0 Å². The van der Waals surface area contributed by atoms with Crippen LogP contribution in [0.25, 0.3) is 5.48 Å². The molecule has 0 fully saturated rings. The van der Waals surface area contributed by atoms with Crippen LogP contribution in [0.3, 0.4) is 0 Å². The van der Waals surface area contributed by atoms with Crippen molar-refractivity contribution in [1.82, 2.24) is 4.72 Å². The number of benzene rings is 2. The molecule has 12 heteroatoms. The molecule has 2 aromatic carbocycles. The maximum absolute atomic E-state index is 12.8. The number of nitrogens with one attached hydrogen (secondary N) is 2. The van der Waals surface area contributed by atoms with E-state index in [0.29, 0.717) is 29.9 Å². The molecule has 10 nitrogen and oxygen atoms in total. The number of sulfonamides is 1. The van der Waals surface area contributed by atoms with Crippen LogP contribution in [0.15, 0.2) is 47.4 Å². The summed E-state index contributed by atoms with van der Waals surface area (Å²) < 4.78 is 33.4. The second-order valence-corrected chi connectivity index (χ2v) is 8.82. The SMILES string of the molecule is Cc1ccc(C)c(S(=O)(=O)N[C@@H](Cc2ccc(OCCCO[N-]C(=N)N)cc2)C(=O)O)c1.[Li+]. The van der Waals surface area contributed by atoms with E-state index in [1.54, 1.807) is 50.2 Å². The maximum atomic E-state index is 12.8. The Morgan fingerprint density at radius 3 is 2.45 bits per heavy atom. The number of carboxylic acids is 1. The summed E-state index contributed by atoms with van der Waals surface area (Å²) in [6.07, 6.45) is 0.500. The van der Waals surface area contributed by atoms with E-state index in [2.05, 4.69) is 10.2 Å². The van der Waals surface area contributed by atoms with Gasteiger partial charge in [0.1, 0.15) is 11.8 Å². The number of nitrogens with zero attached hydrogens (tertiary/aromatic N) is 1. The molecule has 0 radical (unpaired) electrons. The molecule has 0 saturated heterocycles. The second-order valence-electron chi connectivity index (χ2n) is 7.14. The van der Waals surface area contributed by atoms with Crippen LogP contribution >= 0.6 is 0 Å². The summed E-state index contributed by atoms with van der Waals surface area (Å²) in [6, 6.07) is 10.4. The molecule has 0 aliphatic carbocycles. The van der Waals surface area contributed by atoms with Crippen LogP contribution in [0.4, 0.5) is 0 Å². The first-order valence-corrected chi connectivity index (χ1v) is 11.3. The topological polar surface area (TPSA) is 166 Å². The van der Waals surface area contributed by atoms with E-state index >= 15 is 0 Å². The molecule has 1 atom stereocenters. The Kier molecular flexibility index (Phi) is 11.4. The number of aliphatic carboxylic acids is 1. The van der Waals surface area contributed by atoms with Crippen molar-refractivity contribution in [1.29, 1.82) is 5.41 Å². The Bertz CT molecular complexity index is 1050. The molecular weight excluding hydrogens is 443 g/mol. The Labute approximate surface area is 205 Å². The molecule has 0 aromatic heterocycles. The molecule has 174 valence electrons. The Morgan fingerprint density at radius 2 is 1.85 bits per heavy atom. The number of rotatable bonds is 12. The molecular formula is C21H27LiN4O6S. The minimum atomic E-state index is -4.01. The van der Waals surface area contributed by atoms with Gasteiger partial charge in [-0.1, -0.05) is 24.3 Å². The van der Waals surface area contributed by atoms with Crippen molar-refractivity contribution in [3.05, 3.63) is 64.6 Å². The van der Waals surface area contributed by atoms with Gasteiger partial charge >= 0.3 is 24.8 Å². The zero-order valence-electron chi connectivity index (χ0n) is 18.9. The summed E-state index contributed by atoms with van der Waals surface area (Å²) in [6.45, 7) is 4.02. The Hall–Kier alpha value is -2.55. The minimum absolute atomic E-state index is 0. The predicted molar refractivity (Wildman–Crippen MR) is 119 cm³/mol. The fourth-order valence-electron chi connectivity index (χ4n) is 2.81. The smallest absolute Gasteiger partial charge is 0.494 e. The third kappa shape index (κ3) is 9.45. The van der Waals surface area contributed by atoms with Gasteiger partial charge in [-0.05, 0) is 55.2 Å².